The van der Waals surface area contributed by atoms with Gasteiger partial charge in [0.05, 0.1) is 11.9 Å². The van der Waals surface area contributed by atoms with Crippen molar-refractivity contribution < 1.29 is 26.3 Å². The summed E-state index contributed by atoms with van der Waals surface area (Å²) in [6.07, 6.45) is -1.51. The van der Waals surface area contributed by atoms with E-state index in [1.165, 1.54) is 17.6 Å². The Bertz CT molecular complexity index is 1070. The quantitative estimate of drug-likeness (QED) is 0.631. The molecule has 0 spiro atoms. The van der Waals surface area contributed by atoms with Gasteiger partial charge in [0.2, 0.25) is 5.95 Å². The van der Waals surface area contributed by atoms with Gasteiger partial charge in [0.25, 0.3) is 16.4 Å². The summed E-state index contributed by atoms with van der Waals surface area (Å²) in [6, 6.07) is 2.37. The van der Waals surface area contributed by atoms with Crippen LogP contribution in [-0.4, -0.2) is 36.7 Å². The molecule has 0 saturated heterocycles. The first-order valence-electron chi connectivity index (χ1n) is 7.53. The Balaban J connectivity index is 1.89. The normalized spacial score (nSPS) is 11.9. The number of alkyl halides is 3. The second-order valence-electron chi connectivity index (χ2n) is 5.28. The van der Waals surface area contributed by atoms with Gasteiger partial charge in [-0.2, -0.15) is 0 Å². The molecule has 0 aliphatic rings. The lowest BCUT2D eigenvalue weighted by atomic mass is 10.3. The van der Waals surface area contributed by atoms with Crippen LogP contribution in [0.5, 0.6) is 5.75 Å². The number of hydrogen-bond acceptors (Lipinski definition) is 7. The van der Waals surface area contributed by atoms with Crippen molar-refractivity contribution in [3.8, 4) is 5.75 Å². The molecule has 0 unspecified atom stereocenters. The average Bonchev–Trinajstić information content (AvgIpc) is 3.04. The molecule has 0 atom stereocenters. The van der Waals surface area contributed by atoms with Gasteiger partial charge in [-0.1, -0.05) is 0 Å². The molecule has 144 valence electrons. The molecule has 27 heavy (non-hydrogen) atoms. The fraction of sp³-hybridized carbons (Fsp3) is 0.267. The van der Waals surface area contributed by atoms with E-state index in [4.69, 9.17) is 4.74 Å². The summed E-state index contributed by atoms with van der Waals surface area (Å²) >= 11 is 0.938. The second-order valence-corrected chi connectivity index (χ2v) is 7.78. The Morgan fingerprint density at radius 3 is 2.74 bits per heavy atom. The van der Waals surface area contributed by atoms with Gasteiger partial charge in [-0.3, -0.25) is 0 Å². The number of nitrogens with one attached hydrogen (secondary N) is 1. The zero-order valence-corrected chi connectivity index (χ0v) is 15.5. The number of halogens is 3. The molecule has 0 radical (unpaired) electrons. The second kappa shape index (κ2) is 7.64. The summed E-state index contributed by atoms with van der Waals surface area (Å²) < 4.78 is 70.2. The van der Waals surface area contributed by atoms with Gasteiger partial charge in [0.15, 0.2) is 5.75 Å². The number of aryl methyl sites for hydroxylation is 1. The molecule has 12 heteroatoms. The third-order valence-corrected chi connectivity index (χ3v) is 5.84. The minimum atomic E-state index is -4.07. The van der Waals surface area contributed by atoms with Crippen LogP contribution in [0.4, 0.5) is 19.1 Å². The number of hydrogen-bond donors (Lipinski definition) is 1. The lowest BCUT2D eigenvalue weighted by Gasteiger charge is -2.09. The van der Waals surface area contributed by atoms with Gasteiger partial charge in [0, 0.05) is 10.8 Å². The molecule has 0 bridgehead atoms. The number of anilines is 1. The number of sulfonamides is 1. The van der Waals surface area contributed by atoms with Crippen LogP contribution in [-0.2, 0) is 10.0 Å². The zero-order valence-electron chi connectivity index (χ0n) is 13.8. The van der Waals surface area contributed by atoms with E-state index in [2.05, 4.69) is 19.7 Å². The molecule has 3 aromatic heterocycles. The third-order valence-electron chi connectivity index (χ3n) is 3.43. The Hall–Kier alpha value is -2.47. The van der Waals surface area contributed by atoms with E-state index >= 15 is 0 Å². The topological polar surface area (TPSA) is 94.1 Å². The van der Waals surface area contributed by atoms with Crippen molar-refractivity contribution in [2.24, 2.45) is 0 Å². The molecule has 0 aromatic carbocycles. The number of fused-ring (bicyclic) bond motifs is 1. The highest BCUT2D eigenvalue weighted by Crippen LogP contribution is 2.31. The first-order valence-corrected chi connectivity index (χ1v) is 9.89. The third kappa shape index (κ3) is 4.11. The largest absolute Gasteiger partial charge is 0.487 e. The van der Waals surface area contributed by atoms with Crippen molar-refractivity contribution in [2.75, 3.05) is 18.0 Å². The molecule has 1 N–H and O–H groups in total. The molecule has 0 aliphatic heterocycles. The van der Waals surface area contributed by atoms with Crippen molar-refractivity contribution in [3.63, 3.8) is 0 Å². The van der Waals surface area contributed by atoms with Gasteiger partial charge >= 0.3 is 0 Å². The molecule has 0 fully saturated rings. The van der Waals surface area contributed by atoms with E-state index in [0.717, 1.165) is 17.4 Å². The van der Waals surface area contributed by atoms with Crippen molar-refractivity contribution >= 4 is 37.5 Å². The molecule has 0 amide bonds. The van der Waals surface area contributed by atoms with Gasteiger partial charge in [-0.25, -0.2) is 41.3 Å². The minimum absolute atomic E-state index is 0.116. The first kappa shape index (κ1) is 19.3. The number of aromatic nitrogens is 3. The van der Waals surface area contributed by atoms with Gasteiger partial charge in [-0.05, 0) is 19.1 Å². The van der Waals surface area contributed by atoms with Crippen LogP contribution in [0.25, 0.3) is 10.2 Å². The van der Waals surface area contributed by atoms with E-state index < -0.39 is 28.8 Å². The minimum Gasteiger partial charge on any atom is -0.487 e. The maximum Gasteiger partial charge on any atom is 0.280 e. The molecular formula is C15H13F3N4O3S2. The van der Waals surface area contributed by atoms with Crippen molar-refractivity contribution in [3.05, 3.63) is 35.1 Å². The summed E-state index contributed by atoms with van der Waals surface area (Å²) in [7, 11) is -4.07. The maximum absolute atomic E-state index is 12.7. The first-order chi connectivity index (χ1) is 12.8. The van der Waals surface area contributed by atoms with E-state index in [9.17, 15) is 21.6 Å². The Kier molecular flexibility index (Phi) is 5.46. The average molecular weight is 418 g/mol. The lowest BCUT2D eigenvalue weighted by molar-refractivity contribution is 0.146. The molecule has 3 heterocycles. The molecule has 3 rings (SSSR count). The zero-order chi connectivity index (χ0) is 19.6. The molecule has 0 aliphatic carbocycles. The van der Waals surface area contributed by atoms with Crippen LogP contribution in [0.2, 0.25) is 0 Å². The fourth-order valence-corrected chi connectivity index (χ4v) is 4.63. The van der Waals surface area contributed by atoms with Crippen LogP contribution < -0.4 is 9.46 Å². The highest BCUT2D eigenvalue weighted by Gasteiger charge is 2.22. The van der Waals surface area contributed by atoms with Crippen molar-refractivity contribution in [1.29, 1.82) is 0 Å². The maximum atomic E-state index is 12.7. The SMILES string of the molecule is Cc1nc(NS(=O)(=O)c2csc3nc(C(F)F)ccc23)ncc1OCCF. The Morgan fingerprint density at radius 1 is 1.30 bits per heavy atom. The molecule has 7 nitrogen and oxygen atoms in total. The van der Waals surface area contributed by atoms with E-state index in [0.29, 0.717) is 5.69 Å². The van der Waals surface area contributed by atoms with Gasteiger partial charge < -0.3 is 4.74 Å². The number of thiophene rings is 1. The van der Waals surface area contributed by atoms with Gasteiger partial charge in [0.1, 0.15) is 28.7 Å². The summed E-state index contributed by atoms with van der Waals surface area (Å²) in [6.45, 7) is 0.715. The predicted molar refractivity (Wildman–Crippen MR) is 93.6 cm³/mol. The summed E-state index contributed by atoms with van der Waals surface area (Å²) in [4.78, 5) is 11.7. The van der Waals surface area contributed by atoms with E-state index in [1.807, 2.05) is 0 Å². The molecule has 0 saturated carbocycles. The monoisotopic (exact) mass is 418 g/mol. The summed E-state index contributed by atoms with van der Waals surface area (Å²) in [5.41, 5.74) is -0.0985. The van der Waals surface area contributed by atoms with Crippen LogP contribution in [0.3, 0.4) is 0 Å². The number of ether oxygens (including phenoxy) is 1. The van der Waals surface area contributed by atoms with Crippen LogP contribution >= 0.6 is 11.3 Å². The number of nitrogens with zero attached hydrogens (tertiary/aromatic N) is 3. The Morgan fingerprint density at radius 2 is 2.07 bits per heavy atom. The number of pyridine rings is 1. The highest BCUT2D eigenvalue weighted by atomic mass is 32.2. The van der Waals surface area contributed by atoms with Gasteiger partial charge in [-0.15, -0.1) is 11.3 Å². The molecule has 3 aromatic rings. The van der Waals surface area contributed by atoms with Crippen LogP contribution in [0.15, 0.2) is 28.6 Å². The molecular weight excluding hydrogens is 405 g/mol. The standard InChI is InChI=1S/C15H13F3N4O3S2/c1-8-11(25-5-4-16)6-19-15(20-8)22-27(23,24)12-7-26-14-9(12)2-3-10(21-14)13(17)18/h2-3,6-7,13H,4-5H2,1H3,(H,19,20,22). The summed E-state index contributed by atoms with van der Waals surface area (Å²) in [5, 5.41) is 1.53. The summed E-state index contributed by atoms with van der Waals surface area (Å²) in [5.74, 6) is 0.0388. The Labute approximate surface area is 156 Å². The predicted octanol–water partition coefficient (Wildman–Crippen LogP) is 3.48. The smallest absolute Gasteiger partial charge is 0.280 e. The number of rotatable bonds is 7. The van der Waals surface area contributed by atoms with E-state index in [-0.39, 0.29) is 33.4 Å². The fourth-order valence-electron chi connectivity index (χ4n) is 2.21. The van der Waals surface area contributed by atoms with Crippen LogP contribution in [0, 0.1) is 6.92 Å². The van der Waals surface area contributed by atoms with Crippen molar-refractivity contribution in [2.45, 2.75) is 18.2 Å². The van der Waals surface area contributed by atoms with Crippen molar-refractivity contribution in [1.82, 2.24) is 15.0 Å². The van der Waals surface area contributed by atoms with E-state index in [1.54, 1.807) is 6.92 Å². The van der Waals surface area contributed by atoms with Crippen LogP contribution in [0.1, 0.15) is 17.8 Å². The highest BCUT2D eigenvalue weighted by molar-refractivity contribution is 7.93. The lowest BCUT2D eigenvalue weighted by Crippen LogP contribution is -2.15.